The molecule has 1 heterocycles. The summed E-state index contributed by atoms with van der Waals surface area (Å²) in [6, 6.07) is 6.19. The first kappa shape index (κ1) is 11.6. The number of nitrogens with zero attached hydrogens (tertiary/aromatic N) is 1. The molecule has 0 unspecified atom stereocenters. The molecule has 0 saturated heterocycles. The van der Waals surface area contributed by atoms with Gasteiger partial charge in [0.15, 0.2) is 0 Å². The van der Waals surface area contributed by atoms with Gasteiger partial charge in [0.1, 0.15) is 5.75 Å². The summed E-state index contributed by atoms with van der Waals surface area (Å²) in [5, 5.41) is 3.20. The Labute approximate surface area is 107 Å². The van der Waals surface area contributed by atoms with Gasteiger partial charge in [-0.15, -0.1) is 11.3 Å². The van der Waals surface area contributed by atoms with Crippen molar-refractivity contribution in [1.82, 2.24) is 4.98 Å². The fourth-order valence-electron chi connectivity index (χ4n) is 1.49. The van der Waals surface area contributed by atoms with E-state index >= 15 is 0 Å². The second-order valence-corrected chi connectivity index (χ2v) is 5.23. The summed E-state index contributed by atoms with van der Waals surface area (Å²) >= 11 is 5.19. The first-order chi connectivity index (χ1) is 7.79. The predicted molar refractivity (Wildman–Crippen MR) is 70.2 cm³/mol. The highest BCUT2D eigenvalue weighted by molar-refractivity contribution is 9.10. The zero-order valence-corrected chi connectivity index (χ0v) is 11.3. The Kier molecular flexibility index (Phi) is 3.96. The molecule has 0 aliphatic heterocycles. The average molecular weight is 298 g/mol. The third-order valence-electron chi connectivity index (χ3n) is 2.33. The molecule has 84 valence electrons. The molecule has 0 spiro atoms. The molecule has 1 aromatic carbocycles. The topological polar surface area (TPSA) is 22.1 Å². The number of rotatable bonds is 4. The van der Waals surface area contributed by atoms with Gasteiger partial charge in [0.2, 0.25) is 0 Å². The molecule has 16 heavy (non-hydrogen) atoms. The van der Waals surface area contributed by atoms with Gasteiger partial charge in [0.05, 0.1) is 16.6 Å². The monoisotopic (exact) mass is 297 g/mol. The highest BCUT2D eigenvalue weighted by Gasteiger charge is 2.02. The number of ether oxygens (including phenoxy) is 1. The van der Waals surface area contributed by atoms with Gasteiger partial charge in [-0.05, 0) is 40.0 Å². The van der Waals surface area contributed by atoms with Crippen LogP contribution in [0.15, 0.2) is 34.2 Å². The Bertz CT molecular complexity index is 456. The van der Waals surface area contributed by atoms with Gasteiger partial charge in [-0.25, -0.2) is 4.98 Å². The maximum atomic E-state index is 5.19. The molecule has 0 amide bonds. The number of methoxy groups -OCH3 is 1. The van der Waals surface area contributed by atoms with E-state index in [0.717, 1.165) is 23.1 Å². The molecule has 0 fully saturated rings. The molecule has 0 N–H and O–H groups in total. The molecule has 4 heteroatoms. The van der Waals surface area contributed by atoms with Crippen LogP contribution < -0.4 is 4.74 Å². The fraction of sp³-hybridized carbons (Fsp3) is 0.250. The van der Waals surface area contributed by atoms with Crippen LogP contribution >= 0.6 is 27.3 Å². The lowest BCUT2D eigenvalue weighted by molar-refractivity contribution is 0.412. The molecule has 0 bridgehead atoms. The van der Waals surface area contributed by atoms with Gasteiger partial charge < -0.3 is 4.74 Å². The Morgan fingerprint density at radius 1 is 1.38 bits per heavy atom. The Balaban J connectivity index is 2.02. The van der Waals surface area contributed by atoms with Crippen molar-refractivity contribution in [3.8, 4) is 5.75 Å². The van der Waals surface area contributed by atoms with Crippen LogP contribution in [0.4, 0.5) is 0 Å². The number of halogens is 1. The van der Waals surface area contributed by atoms with Crippen molar-refractivity contribution < 1.29 is 4.74 Å². The zero-order valence-electron chi connectivity index (χ0n) is 8.94. The minimum atomic E-state index is 0.873. The van der Waals surface area contributed by atoms with Crippen molar-refractivity contribution in [3.63, 3.8) is 0 Å². The molecule has 0 saturated carbocycles. The van der Waals surface area contributed by atoms with Crippen molar-refractivity contribution in [2.45, 2.75) is 12.8 Å². The normalized spacial score (nSPS) is 10.4. The molecule has 0 radical (unpaired) electrons. The summed E-state index contributed by atoms with van der Waals surface area (Å²) in [7, 11) is 1.68. The Hall–Kier alpha value is -0.870. The van der Waals surface area contributed by atoms with Crippen LogP contribution in [0.3, 0.4) is 0 Å². The zero-order chi connectivity index (χ0) is 11.4. The van der Waals surface area contributed by atoms with Crippen LogP contribution in [0.1, 0.15) is 10.6 Å². The maximum absolute atomic E-state index is 5.19. The van der Waals surface area contributed by atoms with Crippen LogP contribution in [-0.4, -0.2) is 12.1 Å². The van der Waals surface area contributed by atoms with Crippen molar-refractivity contribution >= 4 is 27.3 Å². The number of hydrogen-bond donors (Lipinski definition) is 0. The lowest BCUT2D eigenvalue weighted by atomic mass is 10.1. The maximum Gasteiger partial charge on any atom is 0.133 e. The summed E-state index contributed by atoms with van der Waals surface area (Å²) in [4.78, 5) is 4.27. The highest BCUT2D eigenvalue weighted by atomic mass is 79.9. The summed E-state index contributed by atoms with van der Waals surface area (Å²) in [6.07, 6.45) is 3.86. The SMILES string of the molecule is COc1ccc(CCc2nccs2)cc1Br. The number of benzene rings is 1. The first-order valence-electron chi connectivity index (χ1n) is 5.00. The Morgan fingerprint density at radius 3 is 2.88 bits per heavy atom. The van der Waals surface area contributed by atoms with Crippen molar-refractivity contribution in [1.29, 1.82) is 0 Å². The van der Waals surface area contributed by atoms with E-state index in [0.29, 0.717) is 0 Å². The van der Waals surface area contributed by atoms with E-state index in [1.54, 1.807) is 18.4 Å². The van der Waals surface area contributed by atoms with Crippen LogP contribution in [0, 0.1) is 0 Å². The average Bonchev–Trinajstić information content (AvgIpc) is 2.79. The highest BCUT2D eigenvalue weighted by Crippen LogP contribution is 2.26. The minimum absolute atomic E-state index is 0.873. The van der Waals surface area contributed by atoms with Gasteiger partial charge in [0, 0.05) is 18.0 Å². The molecule has 0 aliphatic carbocycles. The van der Waals surface area contributed by atoms with Gasteiger partial charge >= 0.3 is 0 Å². The molecular weight excluding hydrogens is 286 g/mol. The Morgan fingerprint density at radius 2 is 2.25 bits per heavy atom. The third kappa shape index (κ3) is 2.83. The lowest BCUT2D eigenvalue weighted by Gasteiger charge is -2.05. The molecule has 2 nitrogen and oxygen atoms in total. The van der Waals surface area contributed by atoms with Gasteiger partial charge in [-0.3, -0.25) is 0 Å². The van der Waals surface area contributed by atoms with E-state index in [-0.39, 0.29) is 0 Å². The smallest absolute Gasteiger partial charge is 0.133 e. The van der Waals surface area contributed by atoms with Crippen LogP contribution in [0.2, 0.25) is 0 Å². The summed E-state index contributed by atoms with van der Waals surface area (Å²) < 4.78 is 6.20. The van der Waals surface area contributed by atoms with Crippen LogP contribution in [0.25, 0.3) is 0 Å². The molecule has 0 atom stereocenters. The van der Waals surface area contributed by atoms with Crippen molar-refractivity contribution in [3.05, 3.63) is 44.8 Å². The number of aryl methyl sites for hydroxylation is 2. The number of aromatic nitrogens is 1. The summed E-state index contributed by atoms with van der Waals surface area (Å²) in [5.74, 6) is 0.873. The standard InChI is InChI=1S/C12H12BrNOS/c1-15-11-4-2-9(8-10(11)13)3-5-12-14-6-7-16-12/h2,4,6-8H,3,5H2,1H3. The van der Waals surface area contributed by atoms with Crippen molar-refractivity contribution in [2.24, 2.45) is 0 Å². The van der Waals surface area contributed by atoms with Crippen LogP contribution in [-0.2, 0) is 12.8 Å². The second kappa shape index (κ2) is 5.46. The molecule has 0 aliphatic rings. The molecule has 2 aromatic rings. The minimum Gasteiger partial charge on any atom is -0.496 e. The first-order valence-corrected chi connectivity index (χ1v) is 6.67. The quantitative estimate of drug-likeness (QED) is 0.858. The van der Waals surface area contributed by atoms with Crippen molar-refractivity contribution in [2.75, 3.05) is 7.11 Å². The van der Waals surface area contributed by atoms with E-state index in [1.807, 2.05) is 17.6 Å². The fourth-order valence-corrected chi connectivity index (χ4v) is 2.70. The van der Waals surface area contributed by atoms with E-state index in [9.17, 15) is 0 Å². The third-order valence-corrected chi connectivity index (χ3v) is 3.79. The van der Waals surface area contributed by atoms with E-state index in [2.05, 4.69) is 33.0 Å². The van der Waals surface area contributed by atoms with E-state index < -0.39 is 0 Å². The van der Waals surface area contributed by atoms with Gasteiger partial charge in [0.25, 0.3) is 0 Å². The van der Waals surface area contributed by atoms with Crippen LogP contribution in [0.5, 0.6) is 5.75 Å². The number of hydrogen-bond acceptors (Lipinski definition) is 3. The predicted octanol–water partition coefficient (Wildman–Crippen LogP) is 3.70. The van der Waals surface area contributed by atoms with E-state index in [1.165, 1.54) is 10.6 Å². The van der Waals surface area contributed by atoms with Gasteiger partial charge in [-0.1, -0.05) is 6.07 Å². The lowest BCUT2D eigenvalue weighted by Crippen LogP contribution is -1.92. The number of thiazole rings is 1. The summed E-state index contributed by atoms with van der Waals surface area (Å²) in [5.41, 5.74) is 1.29. The second-order valence-electron chi connectivity index (χ2n) is 3.39. The van der Waals surface area contributed by atoms with E-state index in [4.69, 9.17) is 4.74 Å². The molecular formula is C12H12BrNOS. The largest absolute Gasteiger partial charge is 0.496 e. The molecule has 1 aromatic heterocycles. The van der Waals surface area contributed by atoms with Gasteiger partial charge in [-0.2, -0.15) is 0 Å². The summed E-state index contributed by atoms with van der Waals surface area (Å²) in [6.45, 7) is 0. The molecule has 2 rings (SSSR count).